The van der Waals surface area contributed by atoms with Crippen LogP contribution in [0.5, 0.6) is 17.2 Å². The van der Waals surface area contributed by atoms with Gasteiger partial charge in [0, 0.05) is 15.6 Å². The number of nitrogens with zero attached hydrogens (tertiary/aromatic N) is 1. The van der Waals surface area contributed by atoms with Crippen LogP contribution in [0.4, 0.5) is 0 Å². The summed E-state index contributed by atoms with van der Waals surface area (Å²) in [5.41, 5.74) is 1.28. The van der Waals surface area contributed by atoms with Crippen LogP contribution in [0.2, 0.25) is 0 Å². The lowest BCUT2D eigenvalue weighted by atomic mass is 10.1. The summed E-state index contributed by atoms with van der Waals surface area (Å²) in [6.07, 6.45) is 0. The van der Waals surface area contributed by atoms with Crippen molar-refractivity contribution in [2.24, 2.45) is 0 Å². The molecule has 0 saturated carbocycles. The molecule has 3 aromatic rings. The number of halogens is 1. The average molecular weight is 418 g/mol. The molecule has 0 N–H and O–H groups in total. The molecule has 2 aromatic carbocycles. The van der Waals surface area contributed by atoms with E-state index in [1.807, 2.05) is 24.3 Å². The molecule has 0 atom stereocenters. The fraction of sp³-hybridized carbons (Fsp3) is 0.158. The Morgan fingerprint density at radius 3 is 2.04 bits per heavy atom. The molecule has 0 bridgehead atoms. The van der Waals surface area contributed by atoms with E-state index in [2.05, 4.69) is 20.9 Å². The van der Waals surface area contributed by atoms with Gasteiger partial charge in [0.25, 0.3) is 0 Å². The zero-order valence-electron chi connectivity index (χ0n) is 14.4. The minimum Gasteiger partial charge on any atom is -0.493 e. The van der Waals surface area contributed by atoms with E-state index in [0.717, 1.165) is 4.47 Å². The van der Waals surface area contributed by atoms with Gasteiger partial charge in [0.15, 0.2) is 11.5 Å². The minimum absolute atomic E-state index is 0.230. The summed E-state index contributed by atoms with van der Waals surface area (Å²) >= 11 is 3.38. The van der Waals surface area contributed by atoms with Crippen LogP contribution in [0.3, 0.4) is 0 Å². The highest BCUT2D eigenvalue weighted by molar-refractivity contribution is 9.10. The summed E-state index contributed by atoms with van der Waals surface area (Å²) in [4.78, 5) is 16.5. The van der Waals surface area contributed by atoms with E-state index in [-0.39, 0.29) is 5.89 Å². The van der Waals surface area contributed by atoms with Crippen molar-refractivity contribution >= 4 is 15.9 Å². The van der Waals surface area contributed by atoms with Crippen LogP contribution >= 0.6 is 15.9 Å². The Morgan fingerprint density at radius 1 is 0.885 bits per heavy atom. The average Bonchev–Trinajstić information content (AvgIpc) is 2.66. The molecule has 0 aliphatic heterocycles. The lowest BCUT2D eigenvalue weighted by Gasteiger charge is -2.14. The van der Waals surface area contributed by atoms with E-state index in [1.54, 1.807) is 12.1 Å². The highest BCUT2D eigenvalue weighted by atomic mass is 79.9. The van der Waals surface area contributed by atoms with Gasteiger partial charge in [-0.1, -0.05) is 15.9 Å². The van der Waals surface area contributed by atoms with E-state index >= 15 is 0 Å². The van der Waals surface area contributed by atoms with Crippen LogP contribution < -0.4 is 19.8 Å². The summed E-state index contributed by atoms with van der Waals surface area (Å²) in [5.74, 6) is 1.65. The van der Waals surface area contributed by atoms with Gasteiger partial charge in [0.1, 0.15) is 0 Å². The summed E-state index contributed by atoms with van der Waals surface area (Å²) < 4.78 is 22.2. The molecule has 0 spiro atoms. The van der Waals surface area contributed by atoms with E-state index in [4.69, 9.17) is 18.6 Å². The van der Waals surface area contributed by atoms with Gasteiger partial charge in [-0.2, -0.15) is 0 Å². The van der Waals surface area contributed by atoms with Crippen molar-refractivity contribution in [3.8, 4) is 40.0 Å². The number of hydrogen-bond acceptors (Lipinski definition) is 6. The first-order valence-corrected chi connectivity index (χ1v) is 8.43. The third-order valence-corrected chi connectivity index (χ3v) is 4.25. The van der Waals surface area contributed by atoms with Crippen molar-refractivity contribution in [3.05, 3.63) is 57.4 Å². The Labute approximate surface area is 158 Å². The van der Waals surface area contributed by atoms with Gasteiger partial charge in [0.2, 0.25) is 11.6 Å². The van der Waals surface area contributed by atoms with E-state index in [1.165, 1.54) is 27.4 Å². The Morgan fingerprint density at radius 2 is 1.50 bits per heavy atom. The zero-order valence-corrected chi connectivity index (χ0v) is 16.0. The minimum atomic E-state index is -0.498. The van der Waals surface area contributed by atoms with Gasteiger partial charge < -0.3 is 18.6 Å². The number of benzene rings is 2. The maximum atomic E-state index is 12.1. The van der Waals surface area contributed by atoms with E-state index in [0.29, 0.717) is 34.1 Å². The molecule has 6 nitrogen and oxygen atoms in total. The van der Waals surface area contributed by atoms with Crippen LogP contribution in [0, 0.1) is 0 Å². The fourth-order valence-electron chi connectivity index (χ4n) is 2.49. The van der Waals surface area contributed by atoms with Crippen LogP contribution in [0.25, 0.3) is 22.7 Å². The molecule has 134 valence electrons. The van der Waals surface area contributed by atoms with Gasteiger partial charge in [-0.15, -0.1) is 0 Å². The van der Waals surface area contributed by atoms with Gasteiger partial charge in [-0.05, 0) is 36.4 Å². The first-order chi connectivity index (χ1) is 12.5. The van der Waals surface area contributed by atoms with Crippen molar-refractivity contribution in [2.75, 3.05) is 21.3 Å². The number of aromatic nitrogens is 1. The first-order valence-electron chi connectivity index (χ1n) is 7.64. The normalized spacial score (nSPS) is 10.5. The van der Waals surface area contributed by atoms with Crippen molar-refractivity contribution < 1.29 is 18.6 Å². The summed E-state index contributed by atoms with van der Waals surface area (Å²) in [5, 5.41) is 0. The van der Waals surface area contributed by atoms with Crippen molar-refractivity contribution in [2.45, 2.75) is 0 Å². The lowest BCUT2D eigenvalue weighted by Crippen LogP contribution is -2.03. The van der Waals surface area contributed by atoms with Crippen molar-refractivity contribution in [1.82, 2.24) is 4.98 Å². The Kier molecular flexibility index (Phi) is 5.27. The predicted molar refractivity (Wildman–Crippen MR) is 101 cm³/mol. The number of ether oxygens (including phenoxy) is 3. The van der Waals surface area contributed by atoms with Crippen LogP contribution in [-0.2, 0) is 0 Å². The largest absolute Gasteiger partial charge is 0.493 e. The topological polar surface area (TPSA) is 70.8 Å². The monoisotopic (exact) mass is 417 g/mol. The maximum absolute atomic E-state index is 12.1. The Bertz CT molecular complexity index is 957. The molecule has 0 amide bonds. The molecular weight excluding hydrogens is 402 g/mol. The Balaban J connectivity index is 2.15. The van der Waals surface area contributed by atoms with E-state index in [9.17, 15) is 4.79 Å². The lowest BCUT2D eigenvalue weighted by molar-refractivity contribution is 0.324. The molecule has 0 radical (unpaired) electrons. The molecule has 0 aliphatic rings. The predicted octanol–water partition coefficient (Wildman–Crippen LogP) is 4.16. The molecule has 0 unspecified atom stereocenters. The number of methoxy groups -OCH3 is 3. The molecule has 1 aromatic heterocycles. The molecule has 0 fully saturated rings. The fourth-order valence-corrected chi connectivity index (χ4v) is 2.76. The van der Waals surface area contributed by atoms with Gasteiger partial charge in [-0.3, -0.25) is 0 Å². The SMILES string of the molecule is COc1cc(-c2cc(=O)oc(-c3ccc(Br)cc3)n2)cc(OC)c1OC. The second kappa shape index (κ2) is 7.61. The van der Waals surface area contributed by atoms with Gasteiger partial charge in [-0.25, -0.2) is 9.78 Å². The number of hydrogen-bond donors (Lipinski definition) is 0. The molecule has 7 heteroatoms. The summed E-state index contributed by atoms with van der Waals surface area (Å²) in [6, 6.07) is 12.1. The van der Waals surface area contributed by atoms with Crippen LogP contribution in [0.1, 0.15) is 0 Å². The smallest absolute Gasteiger partial charge is 0.339 e. The quantitative estimate of drug-likeness (QED) is 0.620. The van der Waals surface area contributed by atoms with Gasteiger partial charge in [0.05, 0.1) is 33.1 Å². The third-order valence-electron chi connectivity index (χ3n) is 3.73. The van der Waals surface area contributed by atoms with Crippen LogP contribution in [0.15, 0.2) is 56.1 Å². The van der Waals surface area contributed by atoms with E-state index < -0.39 is 5.63 Å². The summed E-state index contributed by atoms with van der Waals surface area (Å²) in [7, 11) is 4.59. The second-order valence-corrected chi connectivity index (χ2v) is 6.20. The highest BCUT2D eigenvalue weighted by Gasteiger charge is 2.16. The molecule has 0 aliphatic carbocycles. The van der Waals surface area contributed by atoms with Gasteiger partial charge >= 0.3 is 5.63 Å². The van der Waals surface area contributed by atoms with Crippen molar-refractivity contribution in [3.63, 3.8) is 0 Å². The Hall–Kier alpha value is -2.80. The molecule has 26 heavy (non-hydrogen) atoms. The van der Waals surface area contributed by atoms with Crippen LogP contribution in [-0.4, -0.2) is 26.3 Å². The molecule has 1 heterocycles. The molecular formula is C19H16BrNO5. The standard InChI is InChI=1S/C19H16BrNO5/c1-23-15-8-12(9-16(24-2)18(15)25-3)14-10-17(22)26-19(21-14)11-4-6-13(20)7-5-11/h4-10H,1-3H3. The highest BCUT2D eigenvalue weighted by Crippen LogP contribution is 2.40. The first kappa shape index (κ1) is 18.0. The second-order valence-electron chi connectivity index (χ2n) is 5.29. The zero-order chi connectivity index (χ0) is 18.7. The summed E-state index contributed by atoms with van der Waals surface area (Å²) in [6.45, 7) is 0. The maximum Gasteiger partial charge on any atom is 0.339 e. The molecule has 0 saturated heterocycles. The third kappa shape index (κ3) is 3.57. The molecule has 3 rings (SSSR count). The van der Waals surface area contributed by atoms with Crippen molar-refractivity contribution in [1.29, 1.82) is 0 Å². The number of rotatable bonds is 5.